The number of rotatable bonds is 5. The Kier molecular flexibility index (Phi) is 7.42. The summed E-state index contributed by atoms with van der Waals surface area (Å²) in [5.41, 5.74) is 4.58. The Bertz CT molecular complexity index is 1320. The third-order valence-corrected chi connectivity index (χ3v) is 8.73. The standard InChI is InChI=1S/C28H30N4O2S.ClH/c33-27(34)23-12-8-21(9-13-23)25-18-29-28-32(25)30-26(35-28)22-10-6-19(7-11-22)20-14-16-31(17-15-20)24-4-2-1-3-5-24;/h6-13,18,20,24H,1-5,14-17H2,(H,33,34);1H. The molecule has 0 spiro atoms. The van der Waals surface area contributed by atoms with E-state index in [1.165, 1.54) is 63.6 Å². The number of piperidine rings is 1. The van der Waals surface area contributed by atoms with Gasteiger partial charge in [-0.3, -0.25) is 0 Å². The molecule has 6 rings (SSSR count). The lowest BCUT2D eigenvalue weighted by molar-refractivity contribution is 0.0697. The number of imidazole rings is 1. The van der Waals surface area contributed by atoms with Crippen LogP contribution >= 0.6 is 23.7 Å². The highest BCUT2D eigenvalue weighted by Gasteiger charge is 2.27. The minimum atomic E-state index is -0.927. The van der Waals surface area contributed by atoms with Crippen molar-refractivity contribution in [2.45, 2.75) is 56.9 Å². The fraction of sp³-hybridized carbons (Fsp3) is 0.393. The molecule has 2 aromatic carbocycles. The number of hydrogen-bond donors (Lipinski definition) is 1. The van der Waals surface area contributed by atoms with Gasteiger partial charge in [0.15, 0.2) is 0 Å². The highest BCUT2D eigenvalue weighted by molar-refractivity contribution is 7.19. The molecule has 1 aliphatic carbocycles. The summed E-state index contributed by atoms with van der Waals surface area (Å²) < 4.78 is 1.85. The van der Waals surface area contributed by atoms with Crippen molar-refractivity contribution >= 4 is 34.7 Å². The molecule has 6 nitrogen and oxygen atoms in total. The molecule has 0 unspecified atom stereocenters. The van der Waals surface area contributed by atoms with Crippen molar-refractivity contribution in [3.63, 3.8) is 0 Å². The van der Waals surface area contributed by atoms with Crippen molar-refractivity contribution in [3.05, 3.63) is 65.9 Å². The summed E-state index contributed by atoms with van der Waals surface area (Å²) in [6, 6.07) is 16.6. The van der Waals surface area contributed by atoms with Crippen LogP contribution in [0.15, 0.2) is 54.7 Å². The molecule has 36 heavy (non-hydrogen) atoms. The Balaban J connectivity index is 0.00000267. The van der Waals surface area contributed by atoms with Crippen molar-refractivity contribution in [2.24, 2.45) is 0 Å². The summed E-state index contributed by atoms with van der Waals surface area (Å²) >= 11 is 1.57. The lowest BCUT2D eigenvalue weighted by atomic mass is 9.86. The smallest absolute Gasteiger partial charge is 0.335 e. The minimum Gasteiger partial charge on any atom is -0.478 e. The Morgan fingerprint density at radius 2 is 1.56 bits per heavy atom. The Hall–Kier alpha value is -2.74. The summed E-state index contributed by atoms with van der Waals surface area (Å²) in [6.45, 7) is 2.47. The van der Waals surface area contributed by atoms with E-state index in [1.807, 2.05) is 4.52 Å². The number of benzene rings is 2. The van der Waals surface area contributed by atoms with Crippen LogP contribution in [0.3, 0.4) is 0 Å². The molecule has 4 aromatic rings. The number of aromatic nitrogens is 3. The van der Waals surface area contributed by atoms with E-state index >= 15 is 0 Å². The topological polar surface area (TPSA) is 70.7 Å². The second-order valence-electron chi connectivity index (χ2n) is 9.85. The summed E-state index contributed by atoms with van der Waals surface area (Å²) in [5.74, 6) is -0.276. The number of carbonyl (C=O) groups is 1. The highest BCUT2D eigenvalue weighted by Crippen LogP contribution is 2.34. The van der Waals surface area contributed by atoms with Crippen LogP contribution in [0.25, 0.3) is 26.8 Å². The third-order valence-electron chi connectivity index (χ3n) is 7.76. The van der Waals surface area contributed by atoms with Crippen LogP contribution < -0.4 is 0 Å². The molecule has 2 aliphatic rings. The molecule has 0 bridgehead atoms. The quantitative estimate of drug-likeness (QED) is 0.313. The number of hydrogen-bond acceptors (Lipinski definition) is 5. The van der Waals surface area contributed by atoms with Crippen LogP contribution in [0.4, 0.5) is 0 Å². The zero-order valence-electron chi connectivity index (χ0n) is 20.2. The average Bonchev–Trinajstić information content (AvgIpc) is 3.51. The molecule has 2 aromatic heterocycles. The second kappa shape index (κ2) is 10.7. The van der Waals surface area contributed by atoms with Gasteiger partial charge < -0.3 is 10.0 Å². The molecule has 1 saturated heterocycles. The molecular formula is C28H31ClN4O2S. The van der Waals surface area contributed by atoms with Crippen LogP contribution in [-0.4, -0.2) is 49.7 Å². The SMILES string of the molecule is Cl.O=C(O)c1ccc(-c2cnc3sc(-c4ccc(C5CCN(C6CCCCC6)CC5)cc4)nn23)cc1. The maximum Gasteiger partial charge on any atom is 0.335 e. The summed E-state index contributed by atoms with van der Waals surface area (Å²) in [6.07, 6.45) is 11.3. The predicted octanol–water partition coefficient (Wildman–Crippen LogP) is 6.76. The summed E-state index contributed by atoms with van der Waals surface area (Å²) in [7, 11) is 0. The monoisotopic (exact) mass is 522 g/mol. The van der Waals surface area contributed by atoms with Crippen molar-refractivity contribution in [3.8, 4) is 21.8 Å². The minimum absolute atomic E-state index is 0. The van der Waals surface area contributed by atoms with Gasteiger partial charge in [0, 0.05) is 17.2 Å². The number of carboxylic acid groups (broad SMARTS) is 1. The van der Waals surface area contributed by atoms with E-state index in [1.54, 1.807) is 41.8 Å². The Morgan fingerprint density at radius 3 is 2.22 bits per heavy atom. The van der Waals surface area contributed by atoms with Crippen molar-refractivity contribution in [1.82, 2.24) is 19.5 Å². The van der Waals surface area contributed by atoms with Gasteiger partial charge in [0.05, 0.1) is 17.5 Å². The molecule has 0 radical (unpaired) electrons. The number of halogens is 1. The normalized spacial score (nSPS) is 17.8. The van der Waals surface area contributed by atoms with E-state index in [0.29, 0.717) is 5.92 Å². The van der Waals surface area contributed by atoms with E-state index in [-0.39, 0.29) is 18.0 Å². The van der Waals surface area contributed by atoms with Gasteiger partial charge in [-0.1, -0.05) is 67.0 Å². The van der Waals surface area contributed by atoms with Gasteiger partial charge in [-0.15, -0.1) is 12.4 Å². The Labute approximate surface area is 221 Å². The predicted molar refractivity (Wildman–Crippen MR) is 146 cm³/mol. The van der Waals surface area contributed by atoms with Gasteiger partial charge in [-0.25, -0.2) is 14.3 Å². The van der Waals surface area contributed by atoms with E-state index in [4.69, 9.17) is 10.2 Å². The first-order chi connectivity index (χ1) is 17.2. The molecule has 0 atom stereocenters. The summed E-state index contributed by atoms with van der Waals surface area (Å²) in [5, 5.41) is 14.9. The molecule has 1 N–H and O–H groups in total. The first-order valence-corrected chi connectivity index (χ1v) is 13.5. The van der Waals surface area contributed by atoms with Gasteiger partial charge in [0.25, 0.3) is 0 Å². The van der Waals surface area contributed by atoms with E-state index in [0.717, 1.165) is 32.8 Å². The molecule has 3 heterocycles. The molecule has 1 aliphatic heterocycles. The van der Waals surface area contributed by atoms with Crippen molar-refractivity contribution in [2.75, 3.05) is 13.1 Å². The van der Waals surface area contributed by atoms with E-state index in [2.05, 4.69) is 34.1 Å². The van der Waals surface area contributed by atoms with Gasteiger partial charge in [0.1, 0.15) is 5.01 Å². The van der Waals surface area contributed by atoms with Gasteiger partial charge in [0.2, 0.25) is 4.96 Å². The van der Waals surface area contributed by atoms with E-state index < -0.39 is 5.97 Å². The third kappa shape index (κ3) is 4.92. The number of nitrogens with zero attached hydrogens (tertiary/aromatic N) is 4. The van der Waals surface area contributed by atoms with Crippen molar-refractivity contribution in [1.29, 1.82) is 0 Å². The zero-order valence-corrected chi connectivity index (χ0v) is 21.8. The van der Waals surface area contributed by atoms with Gasteiger partial charge in [-0.2, -0.15) is 5.10 Å². The van der Waals surface area contributed by atoms with Crippen LogP contribution in [0.1, 0.15) is 66.8 Å². The summed E-state index contributed by atoms with van der Waals surface area (Å²) in [4.78, 5) is 19.3. The fourth-order valence-corrected chi connectivity index (χ4v) is 6.61. The molecule has 0 amide bonds. The molecule has 1 saturated carbocycles. The maximum absolute atomic E-state index is 11.1. The number of fused-ring (bicyclic) bond motifs is 1. The molecular weight excluding hydrogens is 492 g/mol. The zero-order chi connectivity index (χ0) is 23.8. The molecule has 8 heteroatoms. The first kappa shape index (κ1) is 24.9. The van der Waals surface area contributed by atoms with E-state index in [9.17, 15) is 4.79 Å². The number of likely N-dealkylation sites (tertiary alicyclic amines) is 1. The Morgan fingerprint density at radius 1 is 0.889 bits per heavy atom. The number of aromatic carboxylic acids is 1. The maximum atomic E-state index is 11.1. The lowest BCUT2D eigenvalue weighted by Gasteiger charge is -2.39. The first-order valence-electron chi connectivity index (χ1n) is 12.7. The van der Waals surface area contributed by atoms with Crippen LogP contribution in [0, 0.1) is 0 Å². The fourth-order valence-electron chi connectivity index (χ4n) is 5.73. The van der Waals surface area contributed by atoms with Crippen LogP contribution in [-0.2, 0) is 0 Å². The van der Waals surface area contributed by atoms with Crippen LogP contribution in [0.5, 0.6) is 0 Å². The van der Waals surface area contributed by atoms with Crippen LogP contribution in [0.2, 0.25) is 0 Å². The molecule has 188 valence electrons. The van der Waals surface area contributed by atoms with Gasteiger partial charge in [-0.05, 0) is 62.4 Å². The van der Waals surface area contributed by atoms with Crippen molar-refractivity contribution < 1.29 is 9.90 Å². The molecule has 2 fully saturated rings. The number of carboxylic acids is 1. The van der Waals surface area contributed by atoms with Gasteiger partial charge >= 0.3 is 5.97 Å². The highest BCUT2D eigenvalue weighted by atomic mass is 35.5. The lowest BCUT2D eigenvalue weighted by Crippen LogP contribution is -2.41. The largest absolute Gasteiger partial charge is 0.478 e. The second-order valence-corrected chi connectivity index (χ2v) is 10.8. The average molecular weight is 523 g/mol.